The maximum Gasteiger partial charge on any atom is 0.273 e. The van der Waals surface area contributed by atoms with Crippen molar-refractivity contribution in [1.29, 1.82) is 0 Å². The molecule has 0 fully saturated rings. The third kappa shape index (κ3) is 3.54. The number of amides is 1. The Morgan fingerprint density at radius 2 is 2.32 bits per heavy atom. The van der Waals surface area contributed by atoms with Crippen molar-refractivity contribution >= 4 is 39.3 Å². The lowest BCUT2D eigenvalue weighted by atomic mass is 10.3. The quantitative estimate of drug-likeness (QED) is 0.926. The van der Waals surface area contributed by atoms with Crippen molar-refractivity contribution in [2.75, 3.05) is 5.32 Å². The Morgan fingerprint density at radius 1 is 1.53 bits per heavy atom. The van der Waals surface area contributed by atoms with Crippen molar-refractivity contribution in [2.45, 2.75) is 19.9 Å². The van der Waals surface area contributed by atoms with Crippen molar-refractivity contribution in [2.24, 2.45) is 0 Å². The minimum absolute atomic E-state index is 0.239. The largest absolute Gasteiger partial charge is 0.342 e. The van der Waals surface area contributed by atoms with E-state index in [1.807, 2.05) is 10.8 Å². The monoisotopic (exact) mass is 342 g/mol. The van der Waals surface area contributed by atoms with Crippen molar-refractivity contribution in [3.63, 3.8) is 0 Å². The summed E-state index contributed by atoms with van der Waals surface area (Å²) in [4.78, 5) is 20.0. The van der Waals surface area contributed by atoms with Gasteiger partial charge in [0.1, 0.15) is 10.8 Å². The molecule has 2 aromatic rings. The standard InChI is InChI=1S/C12H12BrClN4O/c1-2-3-18-7-8(13)4-9(18)12(19)17-11-6-15-5-10(14)16-11/h4-7H,2-3H2,1H3,(H,16,17,19). The van der Waals surface area contributed by atoms with Gasteiger partial charge < -0.3 is 9.88 Å². The van der Waals surface area contributed by atoms with E-state index >= 15 is 0 Å². The Bertz CT molecular complexity index is 599. The lowest BCUT2D eigenvalue weighted by molar-refractivity contribution is 0.101. The second-order valence-corrected chi connectivity index (χ2v) is 5.22. The van der Waals surface area contributed by atoms with Crippen LogP contribution in [-0.2, 0) is 6.54 Å². The van der Waals surface area contributed by atoms with E-state index in [4.69, 9.17) is 11.6 Å². The number of aromatic nitrogens is 3. The molecule has 0 radical (unpaired) electrons. The number of hydrogen-bond donors (Lipinski definition) is 1. The zero-order valence-corrected chi connectivity index (χ0v) is 12.6. The highest BCUT2D eigenvalue weighted by Gasteiger charge is 2.13. The minimum atomic E-state index is -0.240. The molecule has 0 aliphatic carbocycles. The summed E-state index contributed by atoms with van der Waals surface area (Å²) in [5.41, 5.74) is 0.565. The molecule has 1 amide bonds. The van der Waals surface area contributed by atoms with Gasteiger partial charge in [-0.25, -0.2) is 4.98 Å². The van der Waals surface area contributed by atoms with Crippen LogP contribution in [0.5, 0.6) is 0 Å². The average molecular weight is 344 g/mol. The molecule has 5 nitrogen and oxygen atoms in total. The molecule has 0 spiro atoms. The van der Waals surface area contributed by atoms with Gasteiger partial charge in [-0.15, -0.1) is 0 Å². The molecule has 0 aromatic carbocycles. The topological polar surface area (TPSA) is 59.8 Å². The van der Waals surface area contributed by atoms with Gasteiger partial charge in [-0.3, -0.25) is 9.78 Å². The number of nitrogens with one attached hydrogen (secondary N) is 1. The average Bonchev–Trinajstić information content (AvgIpc) is 2.71. The van der Waals surface area contributed by atoms with Crippen LogP contribution in [0.3, 0.4) is 0 Å². The van der Waals surface area contributed by atoms with E-state index in [1.54, 1.807) is 6.07 Å². The minimum Gasteiger partial charge on any atom is -0.342 e. The van der Waals surface area contributed by atoms with Crippen molar-refractivity contribution in [3.05, 3.63) is 40.0 Å². The first-order valence-electron chi connectivity index (χ1n) is 5.74. The molecule has 100 valence electrons. The van der Waals surface area contributed by atoms with E-state index in [0.29, 0.717) is 11.5 Å². The number of aryl methyl sites for hydroxylation is 1. The normalized spacial score (nSPS) is 10.5. The maximum atomic E-state index is 12.2. The van der Waals surface area contributed by atoms with Gasteiger partial charge in [-0.1, -0.05) is 18.5 Å². The van der Waals surface area contributed by atoms with Crippen LogP contribution < -0.4 is 5.32 Å². The lowest BCUT2D eigenvalue weighted by Crippen LogP contribution is -2.17. The van der Waals surface area contributed by atoms with E-state index in [2.05, 4.69) is 38.1 Å². The zero-order chi connectivity index (χ0) is 13.8. The van der Waals surface area contributed by atoms with E-state index in [-0.39, 0.29) is 11.1 Å². The molecule has 0 aliphatic rings. The third-order valence-electron chi connectivity index (χ3n) is 2.41. The van der Waals surface area contributed by atoms with Crippen LogP contribution in [0.2, 0.25) is 5.15 Å². The van der Waals surface area contributed by atoms with Gasteiger partial charge in [0, 0.05) is 17.2 Å². The van der Waals surface area contributed by atoms with E-state index in [0.717, 1.165) is 17.4 Å². The summed E-state index contributed by atoms with van der Waals surface area (Å²) in [7, 11) is 0. The number of carbonyl (C=O) groups excluding carboxylic acids is 1. The fourth-order valence-electron chi connectivity index (χ4n) is 1.67. The molecule has 1 N–H and O–H groups in total. The van der Waals surface area contributed by atoms with Crippen LogP contribution >= 0.6 is 27.5 Å². The summed E-state index contributed by atoms with van der Waals surface area (Å²) in [6.45, 7) is 2.83. The number of hydrogen-bond acceptors (Lipinski definition) is 3. The van der Waals surface area contributed by atoms with Crippen molar-refractivity contribution < 1.29 is 4.79 Å². The van der Waals surface area contributed by atoms with Crippen molar-refractivity contribution in [3.8, 4) is 0 Å². The van der Waals surface area contributed by atoms with Gasteiger partial charge >= 0.3 is 0 Å². The molecule has 0 saturated carbocycles. The smallest absolute Gasteiger partial charge is 0.273 e. The molecule has 2 heterocycles. The number of halogens is 2. The molecule has 0 bridgehead atoms. The summed E-state index contributed by atoms with van der Waals surface area (Å²) < 4.78 is 2.75. The van der Waals surface area contributed by atoms with Gasteiger partial charge in [0.25, 0.3) is 5.91 Å². The predicted octanol–water partition coefficient (Wildman–Crippen LogP) is 3.36. The highest BCUT2D eigenvalue weighted by Crippen LogP contribution is 2.17. The zero-order valence-electron chi connectivity index (χ0n) is 10.2. The van der Waals surface area contributed by atoms with Crippen LogP contribution in [0.1, 0.15) is 23.8 Å². The van der Waals surface area contributed by atoms with E-state index in [1.165, 1.54) is 12.4 Å². The summed E-state index contributed by atoms with van der Waals surface area (Å²) in [5.74, 6) is 0.0913. The van der Waals surface area contributed by atoms with Crippen LogP contribution in [0, 0.1) is 0 Å². The number of rotatable bonds is 4. The first-order valence-corrected chi connectivity index (χ1v) is 6.92. The predicted molar refractivity (Wildman–Crippen MR) is 77.4 cm³/mol. The molecule has 0 atom stereocenters. The maximum absolute atomic E-state index is 12.2. The van der Waals surface area contributed by atoms with Gasteiger partial charge in [-0.2, -0.15) is 0 Å². The van der Waals surface area contributed by atoms with Crippen LogP contribution in [0.25, 0.3) is 0 Å². The highest BCUT2D eigenvalue weighted by atomic mass is 79.9. The Hall–Kier alpha value is -1.40. The highest BCUT2D eigenvalue weighted by molar-refractivity contribution is 9.10. The SMILES string of the molecule is CCCn1cc(Br)cc1C(=O)Nc1cncc(Cl)n1. The molecular weight excluding hydrogens is 332 g/mol. The fourth-order valence-corrected chi connectivity index (χ4v) is 2.29. The summed E-state index contributed by atoms with van der Waals surface area (Å²) in [6, 6.07) is 1.77. The van der Waals surface area contributed by atoms with Gasteiger partial charge in [0.05, 0.1) is 12.4 Å². The summed E-state index contributed by atoms with van der Waals surface area (Å²) in [6.07, 6.45) is 5.68. The number of anilines is 1. The first-order chi connectivity index (χ1) is 9.10. The van der Waals surface area contributed by atoms with Crippen LogP contribution in [-0.4, -0.2) is 20.4 Å². The summed E-state index contributed by atoms with van der Waals surface area (Å²) >= 11 is 9.09. The van der Waals surface area contributed by atoms with Gasteiger partial charge in [0.15, 0.2) is 5.82 Å². The Balaban J connectivity index is 2.20. The number of nitrogens with zero attached hydrogens (tertiary/aromatic N) is 3. The molecule has 19 heavy (non-hydrogen) atoms. The van der Waals surface area contributed by atoms with Gasteiger partial charge in [-0.05, 0) is 28.4 Å². The molecule has 2 aromatic heterocycles. The molecule has 0 aliphatic heterocycles. The van der Waals surface area contributed by atoms with Crippen molar-refractivity contribution in [1.82, 2.24) is 14.5 Å². The number of carbonyl (C=O) groups is 1. The molecule has 2 rings (SSSR count). The van der Waals surface area contributed by atoms with E-state index < -0.39 is 0 Å². The second-order valence-electron chi connectivity index (χ2n) is 3.92. The first kappa shape index (κ1) is 14.0. The molecule has 7 heteroatoms. The second kappa shape index (κ2) is 6.16. The summed E-state index contributed by atoms with van der Waals surface area (Å²) in [5, 5.41) is 2.91. The molecular formula is C12H12BrClN4O. The Kier molecular flexibility index (Phi) is 4.55. The molecule has 0 saturated heterocycles. The molecule has 0 unspecified atom stereocenters. The van der Waals surface area contributed by atoms with E-state index in [9.17, 15) is 4.79 Å². The van der Waals surface area contributed by atoms with Crippen LogP contribution in [0.15, 0.2) is 29.1 Å². The van der Waals surface area contributed by atoms with Crippen LogP contribution in [0.4, 0.5) is 5.82 Å². The fraction of sp³-hybridized carbons (Fsp3) is 0.250. The van der Waals surface area contributed by atoms with Gasteiger partial charge in [0.2, 0.25) is 0 Å². The Labute approximate surface area is 124 Å². The third-order valence-corrected chi connectivity index (χ3v) is 3.02. The lowest BCUT2D eigenvalue weighted by Gasteiger charge is -2.07. The Morgan fingerprint density at radius 3 is 3.00 bits per heavy atom.